The summed E-state index contributed by atoms with van der Waals surface area (Å²) in [5.74, 6) is 0.666. The van der Waals surface area contributed by atoms with Crippen molar-refractivity contribution < 1.29 is 4.79 Å². The van der Waals surface area contributed by atoms with Crippen LogP contribution in [-0.2, 0) is 4.79 Å². The Morgan fingerprint density at radius 3 is 2.68 bits per heavy atom. The number of rotatable bonds is 2. The van der Waals surface area contributed by atoms with Crippen molar-refractivity contribution in [2.45, 2.75) is 31.7 Å². The van der Waals surface area contributed by atoms with E-state index in [-0.39, 0.29) is 11.1 Å². The maximum Gasteiger partial charge on any atom is 0.246 e. The van der Waals surface area contributed by atoms with Crippen LogP contribution in [0.2, 0.25) is 0 Å². The molecule has 0 unspecified atom stereocenters. The molecule has 2 N–H and O–H groups in total. The Labute approximate surface area is 118 Å². The number of halogens is 1. The fraction of sp³-hybridized carbons (Fsp3) is 0.538. The zero-order valence-electron chi connectivity index (χ0n) is 11.1. The normalized spacial score (nSPS) is 25.7. The number of hydrogen-bond acceptors (Lipinski definition) is 3. The van der Waals surface area contributed by atoms with Crippen LogP contribution in [0.3, 0.4) is 0 Å². The average molecular weight is 283 g/mol. The van der Waals surface area contributed by atoms with Gasteiger partial charge in [-0.15, -0.1) is 0 Å². The molecule has 5 nitrogen and oxygen atoms in total. The second kappa shape index (κ2) is 5.65. The molecular weight excluding hydrogens is 264 g/mol. The van der Waals surface area contributed by atoms with Gasteiger partial charge in [-0.25, -0.2) is 4.99 Å². The van der Waals surface area contributed by atoms with E-state index in [1.54, 1.807) is 7.05 Å². The smallest absolute Gasteiger partial charge is 0.246 e. The number of aliphatic imine (C=N–C) groups is 1. The molecule has 0 radical (unpaired) electrons. The zero-order valence-corrected chi connectivity index (χ0v) is 11.9. The van der Waals surface area contributed by atoms with Gasteiger partial charge >= 0.3 is 0 Å². The summed E-state index contributed by atoms with van der Waals surface area (Å²) < 4.78 is 0. The molecule has 0 atom stereocenters. The first-order valence-electron chi connectivity index (χ1n) is 6.43. The Hall–Kier alpha value is -1.49. The van der Waals surface area contributed by atoms with Crippen LogP contribution in [0, 0.1) is 0 Å². The number of carbonyl (C=O) groups is 1. The van der Waals surface area contributed by atoms with Gasteiger partial charge in [-0.05, 0) is 12.8 Å². The molecule has 19 heavy (non-hydrogen) atoms. The summed E-state index contributed by atoms with van der Waals surface area (Å²) in [5.41, 5.74) is 6.23. The number of nitrogens with two attached hydrogens (primary N) is 1. The van der Waals surface area contributed by atoms with Gasteiger partial charge in [-0.3, -0.25) is 4.79 Å². The van der Waals surface area contributed by atoms with Crippen molar-refractivity contribution in [1.29, 1.82) is 0 Å². The Morgan fingerprint density at radius 2 is 2.16 bits per heavy atom. The van der Waals surface area contributed by atoms with Crippen molar-refractivity contribution in [3.63, 3.8) is 0 Å². The van der Waals surface area contributed by atoms with E-state index in [0.717, 1.165) is 12.8 Å². The molecule has 1 saturated heterocycles. The molecule has 2 aliphatic rings. The van der Waals surface area contributed by atoms with Gasteiger partial charge in [-0.2, -0.15) is 0 Å². The third-order valence-corrected chi connectivity index (χ3v) is 3.78. The number of carbonyl (C=O) groups excluding carboxylic acids is 1. The van der Waals surface area contributed by atoms with Crippen LogP contribution >= 0.6 is 11.6 Å². The van der Waals surface area contributed by atoms with Gasteiger partial charge in [0.15, 0.2) is 5.84 Å². The second-order valence-corrected chi connectivity index (χ2v) is 5.32. The topological polar surface area (TPSA) is 61.9 Å². The molecule has 2 rings (SSSR count). The fourth-order valence-electron chi connectivity index (χ4n) is 2.70. The van der Waals surface area contributed by atoms with Crippen molar-refractivity contribution in [1.82, 2.24) is 9.80 Å². The quantitative estimate of drug-likeness (QED) is 0.783. The van der Waals surface area contributed by atoms with Crippen molar-refractivity contribution >= 4 is 23.3 Å². The minimum Gasteiger partial charge on any atom is -0.403 e. The van der Waals surface area contributed by atoms with Crippen LogP contribution in [-0.4, -0.2) is 41.2 Å². The third kappa shape index (κ3) is 2.76. The van der Waals surface area contributed by atoms with E-state index >= 15 is 0 Å². The largest absolute Gasteiger partial charge is 0.403 e. The Bertz CT molecular complexity index is 452. The van der Waals surface area contributed by atoms with Gasteiger partial charge in [0.25, 0.3) is 0 Å². The van der Waals surface area contributed by atoms with E-state index in [1.807, 2.05) is 4.90 Å². The highest BCUT2D eigenvalue weighted by atomic mass is 35.5. The van der Waals surface area contributed by atoms with Crippen LogP contribution in [0.25, 0.3) is 0 Å². The van der Waals surface area contributed by atoms with Gasteiger partial charge in [0.1, 0.15) is 10.9 Å². The molecule has 1 heterocycles. The summed E-state index contributed by atoms with van der Waals surface area (Å²) >= 11 is 5.81. The van der Waals surface area contributed by atoms with Crippen LogP contribution < -0.4 is 5.73 Å². The lowest BCUT2D eigenvalue weighted by Gasteiger charge is -2.39. The first-order valence-corrected chi connectivity index (χ1v) is 6.81. The number of hydrogen-bond donors (Lipinski definition) is 1. The number of amidine groups is 1. The SMILES string of the molecule is C=C(Cl)N=C1/C(=C\N)N(C)C(=O)CN1C1CCCC1. The van der Waals surface area contributed by atoms with E-state index in [0.29, 0.717) is 24.1 Å². The van der Waals surface area contributed by atoms with Gasteiger partial charge < -0.3 is 15.5 Å². The monoisotopic (exact) mass is 282 g/mol. The van der Waals surface area contributed by atoms with Crippen LogP contribution in [0.15, 0.2) is 28.6 Å². The van der Waals surface area contributed by atoms with Crippen LogP contribution in [0.5, 0.6) is 0 Å². The van der Waals surface area contributed by atoms with Crippen molar-refractivity contribution in [3.8, 4) is 0 Å². The maximum absolute atomic E-state index is 12.0. The summed E-state index contributed by atoms with van der Waals surface area (Å²) in [4.78, 5) is 19.8. The van der Waals surface area contributed by atoms with E-state index in [1.165, 1.54) is 23.9 Å². The van der Waals surface area contributed by atoms with Crippen molar-refractivity contribution in [3.05, 3.63) is 23.6 Å². The standard InChI is InChI=1S/C13H19ClN4O/c1-9(14)16-13-11(7-15)17(2)12(19)8-18(13)10-5-3-4-6-10/h7,10H,1,3-6,8,15H2,2H3/b11-7+,16-13?. The molecule has 0 aromatic heterocycles. The molecule has 0 aromatic carbocycles. The number of nitrogens with zero attached hydrogens (tertiary/aromatic N) is 3. The molecule has 0 aromatic rings. The Kier molecular flexibility index (Phi) is 4.14. The fourth-order valence-corrected chi connectivity index (χ4v) is 2.78. The van der Waals surface area contributed by atoms with E-state index < -0.39 is 0 Å². The summed E-state index contributed by atoms with van der Waals surface area (Å²) in [6.07, 6.45) is 5.91. The first-order chi connectivity index (χ1) is 9.04. The predicted octanol–water partition coefficient (Wildman–Crippen LogP) is 1.61. The van der Waals surface area contributed by atoms with Gasteiger partial charge in [-0.1, -0.05) is 31.0 Å². The molecule has 6 heteroatoms. The van der Waals surface area contributed by atoms with Gasteiger partial charge in [0.2, 0.25) is 5.91 Å². The van der Waals surface area contributed by atoms with Crippen LogP contribution in [0.1, 0.15) is 25.7 Å². The lowest BCUT2D eigenvalue weighted by atomic mass is 10.1. The maximum atomic E-state index is 12.0. The van der Waals surface area contributed by atoms with E-state index in [2.05, 4.69) is 11.6 Å². The highest BCUT2D eigenvalue weighted by Crippen LogP contribution is 2.28. The number of piperazine rings is 1. The van der Waals surface area contributed by atoms with E-state index in [4.69, 9.17) is 17.3 Å². The Balaban J connectivity index is 2.38. The van der Waals surface area contributed by atoms with E-state index in [9.17, 15) is 4.79 Å². The molecular formula is C13H19ClN4O. The first kappa shape index (κ1) is 13.9. The van der Waals surface area contributed by atoms with Crippen molar-refractivity contribution in [2.24, 2.45) is 10.7 Å². The highest BCUT2D eigenvalue weighted by Gasteiger charge is 2.35. The number of amides is 1. The molecule has 0 spiro atoms. The zero-order chi connectivity index (χ0) is 14.0. The summed E-state index contributed by atoms with van der Waals surface area (Å²) in [7, 11) is 1.69. The minimum absolute atomic E-state index is 0.0164. The van der Waals surface area contributed by atoms with Crippen molar-refractivity contribution in [2.75, 3.05) is 13.6 Å². The van der Waals surface area contributed by atoms with Gasteiger partial charge in [0.05, 0.1) is 6.54 Å². The van der Waals surface area contributed by atoms with Crippen LogP contribution in [0.4, 0.5) is 0 Å². The summed E-state index contributed by atoms with van der Waals surface area (Å²) in [6.45, 7) is 3.92. The summed E-state index contributed by atoms with van der Waals surface area (Å²) in [6, 6.07) is 0.336. The molecule has 2 fully saturated rings. The molecule has 1 aliphatic carbocycles. The summed E-state index contributed by atoms with van der Waals surface area (Å²) in [5, 5.41) is 0.195. The molecule has 104 valence electrons. The van der Waals surface area contributed by atoms with Gasteiger partial charge in [0, 0.05) is 19.3 Å². The lowest BCUT2D eigenvalue weighted by Crippen LogP contribution is -2.54. The third-order valence-electron chi connectivity index (χ3n) is 3.69. The minimum atomic E-state index is 0.0164. The molecule has 1 aliphatic heterocycles. The highest BCUT2D eigenvalue weighted by molar-refractivity contribution is 6.30. The predicted molar refractivity (Wildman–Crippen MR) is 76.4 cm³/mol. The lowest BCUT2D eigenvalue weighted by molar-refractivity contribution is -0.129. The molecule has 1 saturated carbocycles. The average Bonchev–Trinajstić information content (AvgIpc) is 2.87. The second-order valence-electron chi connectivity index (χ2n) is 4.88. The molecule has 1 amide bonds. The Morgan fingerprint density at radius 1 is 1.53 bits per heavy atom. The molecule has 0 bridgehead atoms. The number of likely N-dealkylation sites (N-methyl/N-ethyl adjacent to an activating group) is 1.